The Morgan fingerprint density at radius 2 is 1.88 bits per heavy atom. The first kappa shape index (κ1) is 11.4. The Labute approximate surface area is 95.1 Å². The van der Waals surface area contributed by atoms with Gasteiger partial charge in [0, 0.05) is 23.0 Å². The Hall–Kier alpha value is -2.04. The van der Waals surface area contributed by atoms with Crippen molar-refractivity contribution in [3.63, 3.8) is 0 Å². The number of halogens is 3. The van der Waals surface area contributed by atoms with E-state index in [1.807, 2.05) is 0 Å². The molecule has 5 heteroatoms. The van der Waals surface area contributed by atoms with Crippen LogP contribution in [0, 0.1) is 0 Å². The SMILES string of the molecule is O=Cc1c[nH]c(-c2ccccc2C(F)(F)F)c1. The van der Waals surface area contributed by atoms with Gasteiger partial charge in [0.15, 0.2) is 6.29 Å². The fraction of sp³-hybridized carbons (Fsp3) is 0.0833. The minimum absolute atomic E-state index is 0.0353. The van der Waals surface area contributed by atoms with Gasteiger partial charge in [0.2, 0.25) is 0 Å². The summed E-state index contributed by atoms with van der Waals surface area (Å²) in [4.78, 5) is 13.1. The molecule has 0 aliphatic rings. The van der Waals surface area contributed by atoms with Crippen LogP contribution in [0.25, 0.3) is 11.3 Å². The predicted octanol–water partition coefficient (Wildman–Crippen LogP) is 3.51. The highest BCUT2D eigenvalue weighted by atomic mass is 19.4. The van der Waals surface area contributed by atoms with Crippen molar-refractivity contribution >= 4 is 6.29 Å². The van der Waals surface area contributed by atoms with E-state index in [9.17, 15) is 18.0 Å². The van der Waals surface area contributed by atoms with E-state index in [1.165, 1.54) is 30.5 Å². The van der Waals surface area contributed by atoms with Crippen LogP contribution in [0.15, 0.2) is 36.5 Å². The van der Waals surface area contributed by atoms with Gasteiger partial charge in [-0.15, -0.1) is 0 Å². The van der Waals surface area contributed by atoms with Gasteiger partial charge in [-0.3, -0.25) is 4.79 Å². The average molecular weight is 239 g/mol. The van der Waals surface area contributed by atoms with Gasteiger partial charge in [-0.25, -0.2) is 0 Å². The molecule has 0 unspecified atom stereocenters. The quantitative estimate of drug-likeness (QED) is 0.799. The maximum absolute atomic E-state index is 12.7. The number of aromatic amines is 1. The van der Waals surface area contributed by atoms with Gasteiger partial charge < -0.3 is 4.98 Å². The molecule has 0 amide bonds. The molecule has 2 aromatic rings. The molecule has 88 valence electrons. The summed E-state index contributed by atoms with van der Waals surface area (Å²) in [6.45, 7) is 0. The number of nitrogens with one attached hydrogen (secondary N) is 1. The largest absolute Gasteiger partial charge is 0.417 e. The van der Waals surface area contributed by atoms with Crippen molar-refractivity contribution in [2.24, 2.45) is 0 Å². The van der Waals surface area contributed by atoms with Gasteiger partial charge in [0.1, 0.15) is 0 Å². The van der Waals surface area contributed by atoms with Crippen LogP contribution in [-0.2, 0) is 6.18 Å². The molecule has 17 heavy (non-hydrogen) atoms. The zero-order valence-corrected chi connectivity index (χ0v) is 8.58. The molecule has 2 rings (SSSR count). The van der Waals surface area contributed by atoms with E-state index in [2.05, 4.69) is 4.98 Å². The molecule has 1 N–H and O–H groups in total. The van der Waals surface area contributed by atoms with Gasteiger partial charge in [0.25, 0.3) is 0 Å². The van der Waals surface area contributed by atoms with Crippen LogP contribution in [0.3, 0.4) is 0 Å². The van der Waals surface area contributed by atoms with E-state index in [1.54, 1.807) is 0 Å². The standard InChI is InChI=1S/C12H8F3NO/c13-12(14,15)10-4-2-1-3-9(10)11-5-8(7-17)6-16-11/h1-7,16H. The number of carbonyl (C=O) groups excluding carboxylic acids is 1. The molecule has 0 bridgehead atoms. The molecule has 1 heterocycles. The van der Waals surface area contributed by atoms with E-state index >= 15 is 0 Å². The normalized spacial score (nSPS) is 11.5. The lowest BCUT2D eigenvalue weighted by atomic mass is 10.0. The molecule has 0 spiro atoms. The highest BCUT2D eigenvalue weighted by Gasteiger charge is 2.33. The van der Waals surface area contributed by atoms with Crippen molar-refractivity contribution in [1.82, 2.24) is 4.98 Å². The number of aromatic nitrogens is 1. The van der Waals surface area contributed by atoms with E-state index in [0.29, 0.717) is 11.8 Å². The molecule has 0 aliphatic carbocycles. The fourth-order valence-electron chi connectivity index (χ4n) is 1.60. The second-order valence-corrected chi connectivity index (χ2v) is 3.51. The predicted molar refractivity (Wildman–Crippen MR) is 56.6 cm³/mol. The van der Waals surface area contributed by atoms with Gasteiger partial charge in [0.05, 0.1) is 5.56 Å². The third-order valence-corrected chi connectivity index (χ3v) is 2.36. The Kier molecular flexibility index (Phi) is 2.75. The monoisotopic (exact) mass is 239 g/mol. The zero-order valence-electron chi connectivity index (χ0n) is 8.58. The van der Waals surface area contributed by atoms with E-state index in [-0.39, 0.29) is 11.3 Å². The molecular formula is C12H8F3NO. The highest BCUT2D eigenvalue weighted by Crippen LogP contribution is 2.36. The molecular weight excluding hydrogens is 231 g/mol. The van der Waals surface area contributed by atoms with E-state index < -0.39 is 11.7 Å². The molecule has 0 aliphatic heterocycles. The Morgan fingerprint density at radius 1 is 1.18 bits per heavy atom. The van der Waals surface area contributed by atoms with Crippen molar-refractivity contribution in [2.45, 2.75) is 6.18 Å². The topological polar surface area (TPSA) is 32.9 Å². The first-order chi connectivity index (χ1) is 8.02. The molecule has 0 atom stereocenters. The second kappa shape index (κ2) is 4.08. The minimum Gasteiger partial charge on any atom is -0.360 e. The summed E-state index contributed by atoms with van der Waals surface area (Å²) >= 11 is 0. The second-order valence-electron chi connectivity index (χ2n) is 3.51. The van der Waals surface area contributed by atoms with Gasteiger partial charge in [-0.1, -0.05) is 18.2 Å². The van der Waals surface area contributed by atoms with E-state index in [0.717, 1.165) is 6.07 Å². The molecule has 0 saturated heterocycles. The number of hydrogen-bond acceptors (Lipinski definition) is 1. The molecule has 1 aromatic heterocycles. The molecule has 0 saturated carbocycles. The lowest BCUT2D eigenvalue weighted by Gasteiger charge is -2.11. The highest BCUT2D eigenvalue weighted by molar-refractivity contribution is 5.78. The van der Waals surface area contributed by atoms with Gasteiger partial charge >= 0.3 is 6.18 Å². The Bertz CT molecular complexity index is 543. The fourth-order valence-corrected chi connectivity index (χ4v) is 1.60. The number of aldehydes is 1. The Morgan fingerprint density at radius 3 is 2.47 bits per heavy atom. The molecule has 1 aromatic carbocycles. The maximum atomic E-state index is 12.7. The van der Waals surface area contributed by atoms with Gasteiger partial charge in [-0.05, 0) is 12.1 Å². The third kappa shape index (κ3) is 2.22. The van der Waals surface area contributed by atoms with Crippen molar-refractivity contribution in [2.75, 3.05) is 0 Å². The third-order valence-electron chi connectivity index (χ3n) is 2.36. The molecule has 2 nitrogen and oxygen atoms in total. The van der Waals surface area contributed by atoms with Crippen LogP contribution >= 0.6 is 0 Å². The van der Waals surface area contributed by atoms with Crippen LogP contribution in [0.4, 0.5) is 13.2 Å². The number of carbonyl (C=O) groups is 1. The average Bonchev–Trinajstić information content (AvgIpc) is 2.76. The van der Waals surface area contributed by atoms with Crippen molar-refractivity contribution in [1.29, 1.82) is 0 Å². The van der Waals surface area contributed by atoms with Crippen LogP contribution in [0.2, 0.25) is 0 Å². The summed E-state index contributed by atoms with van der Waals surface area (Å²) < 4.78 is 38.2. The van der Waals surface area contributed by atoms with Crippen molar-refractivity contribution < 1.29 is 18.0 Å². The summed E-state index contributed by atoms with van der Waals surface area (Å²) in [5, 5.41) is 0. The Balaban J connectivity index is 2.55. The van der Waals surface area contributed by atoms with Gasteiger partial charge in [-0.2, -0.15) is 13.2 Å². The van der Waals surface area contributed by atoms with Crippen LogP contribution in [0.5, 0.6) is 0 Å². The van der Waals surface area contributed by atoms with E-state index in [4.69, 9.17) is 0 Å². The number of alkyl halides is 3. The smallest absolute Gasteiger partial charge is 0.360 e. The van der Waals surface area contributed by atoms with Crippen LogP contribution in [-0.4, -0.2) is 11.3 Å². The molecule has 0 radical (unpaired) electrons. The summed E-state index contributed by atoms with van der Waals surface area (Å²) in [5.41, 5.74) is -0.0931. The number of hydrogen-bond donors (Lipinski definition) is 1. The summed E-state index contributed by atoms with van der Waals surface area (Å²) in [6, 6.07) is 6.61. The lowest BCUT2D eigenvalue weighted by Crippen LogP contribution is -2.06. The minimum atomic E-state index is -4.41. The number of benzene rings is 1. The summed E-state index contributed by atoms with van der Waals surface area (Å²) in [7, 11) is 0. The van der Waals surface area contributed by atoms with Crippen molar-refractivity contribution in [3.8, 4) is 11.3 Å². The lowest BCUT2D eigenvalue weighted by molar-refractivity contribution is -0.137. The number of rotatable bonds is 2. The molecule has 0 fully saturated rings. The van der Waals surface area contributed by atoms with Crippen LogP contribution < -0.4 is 0 Å². The zero-order chi connectivity index (χ0) is 12.5. The van der Waals surface area contributed by atoms with Crippen molar-refractivity contribution in [3.05, 3.63) is 47.7 Å². The first-order valence-electron chi connectivity index (χ1n) is 4.82. The van der Waals surface area contributed by atoms with Crippen LogP contribution in [0.1, 0.15) is 15.9 Å². The first-order valence-corrected chi connectivity index (χ1v) is 4.82. The summed E-state index contributed by atoms with van der Waals surface area (Å²) in [5.74, 6) is 0. The summed E-state index contributed by atoms with van der Waals surface area (Å²) in [6.07, 6.45) is -2.46. The maximum Gasteiger partial charge on any atom is 0.417 e. The number of H-pyrrole nitrogens is 1.